The van der Waals surface area contributed by atoms with E-state index in [9.17, 15) is 4.79 Å². The van der Waals surface area contributed by atoms with Crippen molar-refractivity contribution >= 4 is 6.16 Å². The maximum atomic E-state index is 11.0. The summed E-state index contributed by atoms with van der Waals surface area (Å²) in [6, 6.07) is 0. The molecule has 0 aromatic rings. The van der Waals surface area contributed by atoms with Crippen molar-refractivity contribution in [1.29, 1.82) is 0 Å². The van der Waals surface area contributed by atoms with Gasteiger partial charge >= 0.3 is 6.16 Å². The lowest BCUT2D eigenvalue weighted by atomic mass is 9.74. The topological polar surface area (TPSA) is 35.5 Å². The lowest BCUT2D eigenvalue weighted by molar-refractivity contribution is 0.0262. The van der Waals surface area contributed by atoms with E-state index >= 15 is 0 Å². The van der Waals surface area contributed by atoms with Gasteiger partial charge in [-0.15, -0.1) is 0 Å². The molecule has 3 nitrogen and oxygen atoms in total. The number of rotatable bonds is 1. The summed E-state index contributed by atoms with van der Waals surface area (Å²) in [5, 5.41) is 0. The molecule has 2 fully saturated rings. The lowest BCUT2D eigenvalue weighted by Crippen LogP contribution is -2.39. The van der Waals surface area contributed by atoms with Crippen molar-refractivity contribution in [3.05, 3.63) is 0 Å². The molecule has 1 aliphatic carbocycles. The molecule has 2 aliphatic rings. The molecule has 1 saturated heterocycles. The van der Waals surface area contributed by atoms with Gasteiger partial charge in [-0.3, -0.25) is 0 Å². The van der Waals surface area contributed by atoms with Gasteiger partial charge in [-0.25, -0.2) is 4.79 Å². The summed E-state index contributed by atoms with van der Waals surface area (Å²) in [6.07, 6.45) is 1.67. The van der Waals surface area contributed by atoms with Crippen molar-refractivity contribution in [2.24, 2.45) is 17.8 Å². The Morgan fingerprint density at radius 3 is 2.64 bits per heavy atom. The Kier molecular flexibility index (Phi) is 2.41. The van der Waals surface area contributed by atoms with Gasteiger partial charge in [0.2, 0.25) is 0 Å². The van der Waals surface area contributed by atoms with Crippen LogP contribution in [0.2, 0.25) is 0 Å². The molecule has 1 heterocycles. The minimum atomic E-state index is -0.476. The van der Waals surface area contributed by atoms with E-state index in [1.54, 1.807) is 0 Å². The Morgan fingerprint density at radius 1 is 1.29 bits per heavy atom. The van der Waals surface area contributed by atoms with Gasteiger partial charge in [0.15, 0.2) is 0 Å². The first-order chi connectivity index (χ1) is 6.58. The number of fused-ring (bicyclic) bond motifs is 1. The summed E-state index contributed by atoms with van der Waals surface area (Å²) in [6.45, 7) is 6.61. The molecule has 0 amide bonds. The van der Waals surface area contributed by atoms with E-state index in [1.807, 2.05) is 0 Å². The Bertz CT molecular complexity index is 237. The van der Waals surface area contributed by atoms with Gasteiger partial charge in [0.25, 0.3) is 0 Å². The number of hydrogen-bond acceptors (Lipinski definition) is 3. The molecule has 0 aromatic heterocycles. The first-order valence-corrected chi connectivity index (χ1v) is 5.45. The lowest BCUT2D eigenvalue weighted by Gasteiger charge is -2.35. The normalized spacial score (nSPS) is 41.9. The molecule has 1 aliphatic heterocycles. The Morgan fingerprint density at radius 2 is 2.00 bits per heavy atom. The predicted molar refractivity (Wildman–Crippen MR) is 51.9 cm³/mol. The standard InChI is InChI=1S/C11H18O3/c1-6(2)8-4-7(3)10-9(5-8)13-11(12)14-10/h6-10H,4-5H2,1-3H3. The summed E-state index contributed by atoms with van der Waals surface area (Å²) in [7, 11) is 0. The van der Waals surface area contributed by atoms with Crippen molar-refractivity contribution in [3.8, 4) is 0 Å². The number of ether oxygens (including phenoxy) is 2. The smallest absolute Gasteiger partial charge is 0.427 e. The SMILES string of the molecule is CC(C)C1CC(C)C2OC(=O)OC2C1. The molecule has 0 spiro atoms. The maximum Gasteiger partial charge on any atom is 0.509 e. The molecule has 4 atom stereocenters. The zero-order valence-electron chi connectivity index (χ0n) is 9.03. The molecule has 0 bridgehead atoms. The third-order valence-corrected chi connectivity index (χ3v) is 3.56. The van der Waals surface area contributed by atoms with E-state index in [0.29, 0.717) is 17.8 Å². The van der Waals surface area contributed by atoms with Crippen LogP contribution in [0.25, 0.3) is 0 Å². The highest BCUT2D eigenvalue weighted by molar-refractivity contribution is 5.62. The highest BCUT2D eigenvalue weighted by atomic mass is 16.8. The quantitative estimate of drug-likeness (QED) is 0.607. The van der Waals surface area contributed by atoms with E-state index in [4.69, 9.17) is 9.47 Å². The predicted octanol–water partition coefficient (Wildman–Crippen LogP) is 2.59. The van der Waals surface area contributed by atoms with Gasteiger partial charge < -0.3 is 9.47 Å². The van der Waals surface area contributed by atoms with E-state index in [0.717, 1.165) is 12.8 Å². The molecule has 80 valence electrons. The van der Waals surface area contributed by atoms with Crippen LogP contribution >= 0.6 is 0 Å². The van der Waals surface area contributed by atoms with Gasteiger partial charge in [-0.05, 0) is 30.6 Å². The molecule has 0 N–H and O–H groups in total. The maximum absolute atomic E-state index is 11.0. The Hall–Kier alpha value is -0.730. The summed E-state index contributed by atoms with van der Waals surface area (Å²) in [5.74, 6) is 1.77. The molecular weight excluding hydrogens is 180 g/mol. The summed E-state index contributed by atoms with van der Waals surface area (Å²) < 4.78 is 10.3. The number of hydrogen-bond donors (Lipinski definition) is 0. The van der Waals surface area contributed by atoms with Crippen LogP contribution in [0.15, 0.2) is 0 Å². The zero-order chi connectivity index (χ0) is 10.3. The highest BCUT2D eigenvalue weighted by Gasteiger charge is 2.45. The van der Waals surface area contributed by atoms with Crippen molar-refractivity contribution in [3.63, 3.8) is 0 Å². The first-order valence-electron chi connectivity index (χ1n) is 5.45. The fraction of sp³-hybridized carbons (Fsp3) is 0.909. The van der Waals surface area contributed by atoms with E-state index < -0.39 is 6.16 Å². The summed E-state index contributed by atoms with van der Waals surface area (Å²) in [5.41, 5.74) is 0. The summed E-state index contributed by atoms with van der Waals surface area (Å²) in [4.78, 5) is 11.0. The van der Waals surface area contributed by atoms with Crippen molar-refractivity contribution in [1.82, 2.24) is 0 Å². The fourth-order valence-corrected chi connectivity index (χ4v) is 2.62. The molecule has 0 radical (unpaired) electrons. The van der Waals surface area contributed by atoms with Crippen LogP contribution in [0.3, 0.4) is 0 Å². The van der Waals surface area contributed by atoms with Crippen LogP contribution < -0.4 is 0 Å². The largest absolute Gasteiger partial charge is 0.509 e. The second-order valence-electron chi connectivity index (χ2n) is 4.94. The molecule has 2 rings (SSSR count). The molecule has 1 saturated carbocycles. The van der Waals surface area contributed by atoms with Crippen LogP contribution in [-0.4, -0.2) is 18.4 Å². The van der Waals surface area contributed by atoms with Crippen molar-refractivity contribution in [2.75, 3.05) is 0 Å². The van der Waals surface area contributed by atoms with Gasteiger partial charge in [0, 0.05) is 0 Å². The zero-order valence-corrected chi connectivity index (χ0v) is 9.03. The first kappa shape index (κ1) is 9.81. The van der Waals surface area contributed by atoms with E-state index in [1.165, 1.54) is 0 Å². The van der Waals surface area contributed by atoms with Gasteiger partial charge in [-0.1, -0.05) is 20.8 Å². The summed E-state index contributed by atoms with van der Waals surface area (Å²) >= 11 is 0. The average Bonchev–Trinajstić information content (AvgIpc) is 2.45. The van der Waals surface area contributed by atoms with Crippen LogP contribution in [0.4, 0.5) is 4.79 Å². The number of carbonyl (C=O) groups excluding carboxylic acids is 1. The third-order valence-electron chi connectivity index (χ3n) is 3.56. The third kappa shape index (κ3) is 1.60. The van der Waals surface area contributed by atoms with E-state index in [-0.39, 0.29) is 12.2 Å². The van der Waals surface area contributed by atoms with Crippen LogP contribution in [0.5, 0.6) is 0 Å². The second kappa shape index (κ2) is 3.44. The fourth-order valence-electron chi connectivity index (χ4n) is 2.62. The Balaban J connectivity index is 2.06. The van der Waals surface area contributed by atoms with Crippen LogP contribution in [-0.2, 0) is 9.47 Å². The minimum absolute atomic E-state index is 0.0116. The Labute approximate surface area is 84.8 Å². The van der Waals surface area contributed by atoms with Crippen LogP contribution in [0.1, 0.15) is 33.6 Å². The highest BCUT2D eigenvalue weighted by Crippen LogP contribution is 2.39. The van der Waals surface area contributed by atoms with Gasteiger partial charge in [0.05, 0.1) is 0 Å². The average molecular weight is 198 g/mol. The molecule has 4 unspecified atom stereocenters. The van der Waals surface area contributed by atoms with Crippen molar-refractivity contribution in [2.45, 2.75) is 45.8 Å². The van der Waals surface area contributed by atoms with Crippen molar-refractivity contribution < 1.29 is 14.3 Å². The molecule has 14 heavy (non-hydrogen) atoms. The van der Waals surface area contributed by atoms with Crippen LogP contribution in [0, 0.1) is 17.8 Å². The molecular formula is C11H18O3. The van der Waals surface area contributed by atoms with Gasteiger partial charge in [-0.2, -0.15) is 0 Å². The molecule has 0 aromatic carbocycles. The van der Waals surface area contributed by atoms with E-state index in [2.05, 4.69) is 20.8 Å². The second-order valence-corrected chi connectivity index (χ2v) is 4.94. The molecule has 3 heteroatoms. The van der Waals surface area contributed by atoms with Gasteiger partial charge in [0.1, 0.15) is 12.2 Å². The minimum Gasteiger partial charge on any atom is -0.427 e. The monoisotopic (exact) mass is 198 g/mol. The number of carbonyl (C=O) groups is 1.